The Morgan fingerprint density at radius 3 is 2.36 bits per heavy atom. The number of anilines is 1. The predicted molar refractivity (Wildman–Crippen MR) is 145 cm³/mol. The average Bonchev–Trinajstić information content (AvgIpc) is 3.42. The number of thiophene rings is 1. The van der Waals surface area contributed by atoms with E-state index < -0.39 is 0 Å². The van der Waals surface area contributed by atoms with Crippen LogP contribution in [-0.4, -0.2) is 40.9 Å². The number of hydrogen-bond donors (Lipinski definition) is 1. The van der Waals surface area contributed by atoms with Gasteiger partial charge < -0.3 is 19.9 Å². The standard InChI is InChI=1S/C29H35N3O3S/c1-2-35-26-17-15-24(16-18-26)30-29(34)32(25-12-7-4-8-13-25)22-28(33)31(21-27-14-9-19-36-27)20-23-10-5-3-6-11-23/h3,5-6,9-11,14-19,25H,2,4,7-8,12-13,20-22H2,1H3,(H,30,34). The van der Waals surface area contributed by atoms with E-state index in [1.165, 1.54) is 6.42 Å². The molecule has 3 amide bonds. The molecule has 2 aromatic carbocycles. The molecule has 3 aromatic rings. The van der Waals surface area contributed by atoms with Gasteiger partial charge in [0.05, 0.1) is 13.2 Å². The third-order valence-electron chi connectivity index (χ3n) is 6.49. The van der Waals surface area contributed by atoms with Crippen molar-refractivity contribution in [3.8, 4) is 5.75 Å². The van der Waals surface area contributed by atoms with Crippen LogP contribution < -0.4 is 10.1 Å². The molecule has 1 N–H and O–H groups in total. The molecule has 7 heteroatoms. The monoisotopic (exact) mass is 505 g/mol. The highest BCUT2D eigenvalue weighted by Crippen LogP contribution is 2.25. The maximum absolute atomic E-state index is 13.7. The molecule has 0 radical (unpaired) electrons. The molecule has 0 aliphatic heterocycles. The van der Waals surface area contributed by atoms with Gasteiger partial charge in [0.25, 0.3) is 0 Å². The normalized spacial score (nSPS) is 13.7. The molecule has 36 heavy (non-hydrogen) atoms. The van der Waals surface area contributed by atoms with Crippen molar-refractivity contribution in [3.05, 3.63) is 82.6 Å². The van der Waals surface area contributed by atoms with Crippen LogP contribution in [0.3, 0.4) is 0 Å². The molecule has 0 spiro atoms. The van der Waals surface area contributed by atoms with Crippen molar-refractivity contribution in [1.82, 2.24) is 9.80 Å². The fraction of sp³-hybridized carbons (Fsp3) is 0.379. The second kappa shape index (κ2) is 13.1. The Bertz CT molecular complexity index is 1080. The first kappa shape index (κ1) is 25.8. The van der Waals surface area contributed by atoms with Gasteiger partial charge in [-0.3, -0.25) is 4.79 Å². The molecule has 1 heterocycles. The third-order valence-corrected chi connectivity index (χ3v) is 7.36. The zero-order chi connectivity index (χ0) is 25.2. The molecule has 1 fully saturated rings. The number of rotatable bonds is 10. The maximum Gasteiger partial charge on any atom is 0.322 e. The van der Waals surface area contributed by atoms with Crippen molar-refractivity contribution in [2.45, 2.75) is 58.2 Å². The summed E-state index contributed by atoms with van der Waals surface area (Å²) in [7, 11) is 0. The summed E-state index contributed by atoms with van der Waals surface area (Å²) < 4.78 is 5.51. The lowest BCUT2D eigenvalue weighted by Crippen LogP contribution is -2.49. The van der Waals surface area contributed by atoms with Crippen molar-refractivity contribution in [3.63, 3.8) is 0 Å². The number of carbonyl (C=O) groups is 2. The summed E-state index contributed by atoms with van der Waals surface area (Å²) in [5.74, 6) is 0.722. The molecule has 1 aromatic heterocycles. The summed E-state index contributed by atoms with van der Waals surface area (Å²) in [5, 5.41) is 5.04. The molecule has 0 atom stereocenters. The smallest absolute Gasteiger partial charge is 0.322 e. The van der Waals surface area contributed by atoms with Crippen LogP contribution in [-0.2, 0) is 17.9 Å². The third kappa shape index (κ3) is 7.34. The highest BCUT2D eigenvalue weighted by Gasteiger charge is 2.29. The Labute approximate surface area is 217 Å². The lowest BCUT2D eigenvalue weighted by Gasteiger charge is -2.35. The lowest BCUT2D eigenvalue weighted by atomic mass is 9.94. The zero-order valence-corrected chi connectivity index (χ0v) is 21.7. The van der Waals surface area contributed by atoms with Crippen molar-refractivity contribution >= 4 is 29.0 Å². The molecule has 1 saturated carbocycles. The number of carbonyl (C=O) groups excluding carboxylic acids is 2. The van der Waals surface area contributed by atoms with Crippen molar-refractivity contribution in [1.29, 1.82) is 0 Å². The maximum atomic E-state index is 13.7. The van der Waals surface area contributed by atoms with Crippen LogP contribution >= 0.6 is 11.3 Å². The summed E-state index contributed by atoms with van der Waals surface area (Å²) in [4.78, 5) is 31.9. The van der Waals surface area contributed by atoms with E-state index in [4.69, 9.17) is 4.74 Å². The number of amides is 3. The van der Waals surface area contributed by atoms with Crippen LogP contribution in [0.5, 0.6) is 5.75 Å². The Morgan fingerprint density at radius 1 is 0.944 bits per heavy atom. The summed E-state index contributed by atoms with van der Waals surface area (Å²) in [6.45, 7) is 3.63. The zero-order valence-electron chi connectivity index (χ0n) is 20.9. The van der Waals surface area contributed by atoms with E-state index in [0.29, 0.717) is 25.4 Å². The average molecular weight is 506 g/mol. The van der Waals surface area contributed by atoms with E-state index in [2.05, 4.69) is 5.32 Å². The molecule has 0 saturated heterocycles. The van der Waals surface area contributed by atoms with Gasteiger partial charge in [0, 0.05) is 23.2 Å². The van der Waals surface area contributed by atoms with E-state index in [0.717, 1.165) is 41.9 Å². The number of nitrogens with one attached hydrogen (secondary N) is 1. The molecule has 190 valence electrons. The Morgan fingerprint density at radius 2 is 1.69 bits per heavy atom. The number of urea groups is 1. The van der Waals surface area contributed by atoms with Gasteiger partial charge in [0.2, 0.25) is 5.91 Å². The van der Waals surface area contributed by atoms with Gasteiger partial charge in [-0.1, -0.05) is 55.7 Å². The SMILES string of the molecule is CCOc1ccc(NC(=O)N(CC(=O)N(Cc2ccccc2)Cc2cccs2)C2CCCCC2)cc1. The van der Waals surface area contributed by atoms with Crippen LogP contribution in [0.2, 0.25) is 0 Å². The van der Waals surface area contributed by atoms with Crippen LogP contribution in [0.1, 0.15) is 49.5 Å². The van der Waals surface area contributed by atoms with Gasteiger partial charge in [0.15, 0.2) is 0 Å². The number of nitrogens with zero attached hydrogens (tertiary/aromatic N) is 2. The van der Waals surface area contributed by atoms with Crippen molar-refractivity contribution < 1.29 is 14.3 Å². The quantitative estimate of drug-likeness (QED) is 0.340. The highest BCUT2D eigenvalue weighted by atomic mass is 32.1. The molecule has 1 aliphatic rings. The fourth-order valence-electron chi connectivity index (χ4n) is 4.63. The fourth-order valence-corrected chi connectivity index (χ4v) is 5.35. The summed E-state index contributed by atoms with van der Waals surface area (Å²) in [6, 6.07) is 21.3. The Kier molecular flexibility index (Phi) is 9.39. The number of benzene rings is 2. The molecule has 6 nitrogen and oxygen atoms in total. The van der Waals surface area contributed by atoms with E-state index in [1.807, 2.05) is 83.9 Å². The van der Waals surface area contributed by atoms with E-state index in [9.17, 15) is 9.59 Å². The van der Waals surface area contributed by atoms with Gasteiger partial charge in [-0.25, -0.2) is 4.79 Å². The van der Waals surface area contributed by atoms with Crippen LogP contribution in [0.25, 0.3) is 0 Å². The van der Waals surface area contributed by atoms with Crippen LogP contribution in [0.15, 0.2) is 72.1 Å². The van der Waals surface area contributed by atoms with E-state index >= 15 is 0 Å². The predicted octanol–water partition coefficient (Wildman–Crippen LogP) is 6.54. The molecular formula is C29H35N3O3S. The molecule has 0 bridgehead atoms. The summed E-state index contributed by atoms with van der Waals surface area (Å²) in [6.07, 6.45) is 5.18. The van der Waals surface area contributed by atoms with Gasteiger partial charge in [-0.15, -0.1) is 11.3 Å². The number of ether oxygens (including phenoxy) is 1. The van der Waals surface area contributed by atoms with Gasteiger partial charge in [-0.2, -0.15) is 0 Å². The minimum Gasteiger partial charge on any atom is -0.494 e. The highest BCUT2D eigenvalue weighted by molar-refractivity contribution is 7.09. The first-order chi connectivity index (χ1) is 17.6. The molecular weight excluding hydrogens is 470 g/mol. The van der Waals surface area contributed by atoms with Crippen LogP contribution in [0.4, 0.5) is 10.5 Å². The van der Waals surface area contributed by atoms with E-state index in [1.54, 1.807) is 16.2 Å². The molecule has 0 unspecified atom stereocenters. The Hall–Kier alpha value is -3.32. The first-order valence-corrected chi connectivity index (χ1v) is 13.6. The molecule has 4 rings (SSSR count). The second-order valence-electron chi connectivity index (χ2n) is 9.12. The van der Waals surface area contributed by atoms with Crippen molar-refractivity contribution in [2.24, 2.45) is 0 Å². The van der Waals surface area contributed by atoms with Gasteiger partial charge in [-0.05, 0) is 61.0 Å². The lowest BCUT2D eigenvalue weighted by molar-refractivity contribution is -0.133. The summed E-state index contributed by atoms with van der Waals surface area (Å²) >= 11 is 1.64. The van der Waals surface area contributed by atoms with Gasteiger partial charge >= 0.3 is 6.03 Å². The minimum absolute atomic E-state index is 0.0420. The topological polar surface area (TPSA) is 61.9 Å². The van der Waals surface area contributed by atoms with Gasteiger partial charge in [0.1, 0.15) is 12.3 Å². The number of hydrogen-bond acceptors (Lipinski definition) is 4. The van der Waals surface area contributed by atoms with Crippen LogP contribution in [0, 0.1) is 0 Å². The van der Waals surface area contributed by atoms with Crippen molar-refractivity contribution in [2.75, 3.05) is 18.5 Å². The second-order valence-corrected chi connectivity index (χ2v) is 10.2. The largest absolute Gasteiger partial charge is 0.494 e. The van der Waals surface area contributed by atoms with E-state index in [-0.39, 0.29) is 24.5 Å². The molecule has 1 aliphatic carbocycles. The summed E-state index contributed by atoms with van der Waals surface area (Å²) in [5.41, 5.74) is 1.77. The Balaban J connectivity index is 1.50. The minimum atomic E-state index is -0.227. The first-order valence-electron chi connectivity index (χ1n) is 12.8.